The average molecular weight is 301 g/mol. The number of nitrogens with one attached hydrogen (secondary N) is 2. The number of halogens is 2. The summed E-state index contributed by atoms with van der Waals surface area (Å²) in [6.45, 7) is 0.971. The van der Waals surface area contributed by atoms with Gasteiger partial charge in [-0.2, -0.15) is 0 Å². The van der Waals surface area contributed by atoms with E-state index < -0.39 is 0 Å². The third-order valence-corrected chi connectivity index (χ3v) is 3.98. The first kappa shape index (κ1) is 16.9. The van der Waals surface area contributed by atoms with Crippen molar-refractivity contribution in [3.63, 3.8) is 0 Å². The Balaban J connectivity index is 0.00000200. The molecular weight excluding hydrogens is 279 g/mol. The van der Waals surface area contributed by atoms with Crippen molar-refractivity contribution >= 4 is 18.3 Å². The predicted molar refractivity (Wildman–Crippen MR) is 80.7 cm³/mol. The maximum atomic E-state index is 13.0. The van der Waals surface area contributed by atoms with Crippen molar-refractivity contribution in [2.75, 3.05) is 20.1 Å². The number of amides is 1. The minimum Gasteiger partial charge on any atom is -0.354 e. The molecule has 1 aromatic carbocycles. The summed E-state index contributed by atoms with van der Waals surface area (Å²) in [6.07, 6.45) is 4.44. The van der Waals surface area contributed by atoms with Crippen LogP contribution in [0.2, 0.25) is 0 Å². The first-order chi connectivity index (χ1) is 9.16. The molecule has 1 aromatic rings. The molecule has 1 fully saturated rings. The highest BCUT2D eigenvalue weighted by Crippen LogP contribution is 2.40. The van der Waals surface area contributed by atoms with Gasteiger partial charge in [-0.3, -0.25) is 4.79 Å². The van der Waals surface area contributed by atoms with Crippen LogP contribution in [0.3, 0.4) is 0 Å². The Labute approximate surface area is 125 Å². The monoisotopic (exact) mass is 300 g/mol. The molecule has 5 heteroatoms. The third-order valence-electron chi connectivity index (χ3n) is 3.98. The summed E-state index contributed by atoms with van der Waals surface area (Å²) in [7, 11) is 1.75. The molecule has 0 spiro atoms. The smallest absolute Gasteiger partial charge is 0.233 e. The lowest BCUT2D eigenvalue weighted by molar-refractivity contribution is -0.120. The summed E-state index contributed by atoms with van der Waals surface area (Å²) in [6, 6.07) is 6.71. The van der Waals surface area contributed by atoms with Crippen molar-refractivity contribution < 1.29 is 9.18 Å². The Kier molecular flexibility index (Phi) is 6.43. The van der Waals surface area contributed by atoms with Gasteiger partial charge in [-0.05, 0) is 37.6 Å². The predicted octanol–water partition coefficient (Wildman–Crippen LogP) is 2.39. The fourth-order valence-corrected chi connectivity index (χ4v) is 2.91. The van der Waals surface area contributed by atoms with E-state index in [9.17, 15) is 9.18 Å². The number of benzene rings is 1. The van der Waals surface area contributed by atoms with Gasteiger partial charge in [0.05, 0.1) is 6.54 Å². The minimum absolute atomic E-state index is 0. The van der Waals surface area contributed by atoms with Gasteiger partial charge >= 0.3 is 0 Å². The van der Waals surface area contributed by atoms with E-state index in [1.165, 1.54) is 25.0 Å². The summed E-state index contributed by atoms with van der Waals surface area (Å²) in [5.41, 5.74) is 1.12. The van der Waals surface area contributed by atoms with Crippen LogP contribution in [0.1, 0.15) is 31.2 Å². The molecule has 0 radical (unpaired) electrons. The number of carbonyl (C=O) groups excluding carboxylic acids is 1. The zero-order valence-corrected chi connectivity index (χ0v) is 12.6. The first-order valence-electron chi connectivity index (χ1n) is 6.84. The van der Waals surface area contributed by atoms with E-state index in [1.54, 1.807) is 7.05 Å². The number of likely N-dealkylation sites (N-methyl/N-ethyl adjacent to an activating group) is 1. The second-order valence-corrected chi connectivity index (χ2v) is 5.30. The van der Waals surface area contributed by atoms with Crippen molar-refractivity contribution in [1.29, 1.82) is 0 Å². The molecule has 0 bridgehead atoms. The first-order valence-corrected chi connectivity index (χ1v) is 6.84. The maximum absolute atomic E-state index is 13.0. The molecule has 1 aliphatic rings. The van der Waals surface area contributed by atoms with Gasteiger partial charge in [0.2, 0.25) is 5.91 Å². The Morgan fingerprint density at radius 3 is 2.40 bits per heavy atom. The highest BCUT2D eigenvalue weighted by atomic mass is 35.5. The zero-order valence-electron chi connectivity index (χ0n) is 11.7. The lowest BCUT2D eigenvalue weighted by Gasteiger charge is -2.30. The Morgan fingerprint density at radius 2 is 1.85 bits per heavy atom. The highest BCUT2D eigenvalue weighted by Gasteiger charge is 2.35. The lowest BCUT2D eigenvalue weighted by Crippen LogP contribution is -2.41. The molecular formula is C15H22ClFN2O. The van der Waals surface area contributed by atoms with Crippen molar-refractivity contribution in [2.24, 2.45) is 0 Å². The fourth-order valence-electron chi connectivity index (χ4n) is 2.91. The molecule has 0 atom stereocenters. The number of rotatable bonds is 5. The summed E-state index contributed by atoms with van der Waals surface area (Å²) in [5.74, 6) is -0.202. The lowest BCUT2D eigenvalue weighted by atomic mass is 9.79. The van der Waals surface area contributed by atoms with Crippen LogP contribution in [0.15, 0.2) is 24.3 Å². The van der Waals surface area contributed by atoms with Crippen molar-refractivity contribution in [2.45, 2.75) is 31.1 Å². The molecule has 0 unspecified atom stereocenters. The van der Waals surface area contributed by atoms with Crippen LogP contribution in [0.5, 0.6) is 0 Å². The van der Waals surface area contributed by atoms with Crippen LogP contribution in [0, 0.1) is 5.82 Å². The van der Waals surface area contributed by atoms with Crippen molar-refractivity contribution in [3.05, 3.63) is 35.6 Å². The van der Waals surface area contributed by atoms with Gasteiger partial charge in [0.15, 0.2) is 0 Å². The molecule has 1 amide bonds. The Morgan fingerprint density at radius 1 is 1.25 bits per heavy atom. The van der Waals surface area contributed by atoms with Gasteiger partial charge in [-0.15, -0.1) is 12.4 Å². The van der Waals surface area contributed by atoms with Crippen molar-refractivity contribution in [3.8, 4) is 0 Å². The van der Waals surface area contributed by atoms with E-state index in [1.807, 2.05) is 12.1 Å². The summed E-state index contributed by atoms with van der Waals surface area (Å²) >= 11 is 0. The second-order valence-electron chi connectivity index (χ2n) is 5.30. The number of hydrogen-bond acceptors (Lipinski definition) is 2. The van der Waals surface area contributed by atoms with E-state index in [2.05, 4.69) is 10.6 Å². The fraction of sp³-hybridized carbons (Fsp3) is 0.533. The topological polar surface area (TPSA) is 41.1 Å². The Bertz CT molecular complexity index is 430. The standard InChI is InChI=1S/C15H21FN2O.ClH/c1-17-10-14(19)18-11-15(8-2-3-9-15)12-4-6-13(16)7-5-12;/h4-7,17H,2-3,8-11H2,1H3,(H,18,19);1H. The molecule has 1 saturated carbocycles. The number of carbonyl (C=O) groups is 1. The van der Waals surface area contributed by atoms with Gasteiger partial charge in [0.25, 0.3) is 0 Å². The van der Waals surface area contributed by atoms with Crippen LogP contribution >= 0.6 is 12.4 Å². The Hall–Kier alpha value is -1.13. The van der Waals surface area contributed by atoms with Gasteiger partial charge in [-0.25, -0.2) is 4.39 Å². The highest BCUT2D eigenvalue weighted by molar-refractivity contribution is 5.85. The van der Waals surface area contributed by atoms with E-state index in [0.29, 0.717) is 13.1 Å². The molecule has 0 aromatic heterocycles. The summed E-state index contributed by atoms with van der Waals surface area (Å²) < 4.78 is 13.0. The molecule has 0 saturated heterocycles. The normalized spacial score (nSPS) is 16.5. The molecule has 1 aliphatic carbocycles. The molecule has 0 aliphatic heterocycles. The van der Waals surface area contributed by atoms with Gasteiger partial charge in [0.1, 0.15) is 5.82 Å². The summed E-state index contributed by atoms with van der Waals surface area (Å²) in [5, 5.41) is 5.83. The molecule has 2 N–H and O–H groups in total. The second kappa shape index (κ2) is 7.60. The van der Waals surface area contributed by atoms with Crippen LogP contribution in [-0.2, 0) is 10.2 Å². The molecule has 0 heterocycles. The third kappa shape index (κ3) is 3.93. The van der Waals surface area contributed by atoms with Crippen LogP contribution in [0.25, 0.3) is 0 Å². The van der Waals surface area contributed by atoms with Crippen LogP contribution in [0.4, 0.5) is 4.39 Å². The quantitative estimate of drug-likeness (QED) is 0.877. The molecule has 2 rings (SSSR count). The average Bonchev–Trinajstić information content (AvgIpc) is 2.88. The van der Waals surface area contributed by atoms with Crippen LogP contribution in [-0.4, -0.2) is 26.0 Å². The van der Waals surface area contributed by atoms with Crippen molar-refractivity contribution in [1.82, 2.24) is 10.6 Å². The maximum Gasteiger partial charge on any atom is 0.233 e. The molecule has 112 valence electrons. The SMILES string of the molecule is CNCC(=O)NCC1(c2ccc(F)cc2)CCCC1.Cl. The van der Waals surface area contributed by atoms with E-state index >= 15 is 0 Å². The van der Waals surface area contributed by atoms with Crippen LogP contribution < -0.4 is 10.6 Å². The van der Waals surface area contributed by atoms with E-state index in [-0.39, 0.29) is 29.5 Å². The van der Waals surface area contributed by atoms with Gasteiger partial charge in [-0.1, -0.05) is 25.0 Å². The molecule has 3 nitrogen and oxygen atoms in total. The largest absolute Gasteiger partial charge is 0.354 e. The van der Waals surface area contributed by atoms with E-state index in [0.717, 1.165) is 18.4 Å². The number of hydrogen-bond donors (Lipinski definition) is 2. The van der Waals surface area contributed by atoms with Gasteiger partial charge in [0, 0.05) is 12.0 Å². The van der Waals surface area contributed by atoms with Gasteiger partial charge < -0.3 is 10.6 Å². The summed E-state index contributed by atoms with van der Waals surface area (Å²) in [4.78, 5) is 11.6. The van der Waals surface area contributed by atoms with E-state index in [4.69, 9.17) is 0 Å². The zero-order chi connectivity index (χ0) is 13.7. The minimum atomic E-state index is -0.212. The molecule has 20 heavy (non-hydrogen) atoms.